The van der Waals surface area contributed by atoms with E-state index in [1.807, 2.05) is 0 Å². The Hall–Kier alpha value is -2.82. The lowest BCUT2D eigenvalue weighted by atomic mass is 10.1. The number of carbonyl (C=O) groups is 3. The molecule has 1 aliphatic rings. The van der Waals surface area contributed by atoms with Gasteiger partial charge in [0.05, 0.1) is 0 Å². The largest absolute Gasteiger partial charge is 0.326 e. The number of hydrogen-bond acceptors (Lipinski definition) is 4. The van der Waals surface area contributed by atoms with Gasteiger partial charge in [-0.05, 0) is 49.2 Å². The molecule has 1 N–H and O–H groups in total. The molecule has 0 atom stereocenters. The van der Waals surface area contributed by atoms with Crippen LogP contribution in [-0.2, 0) is 4.79 Å². The molecule has 0 saturated heterocycles. The van der Waals surface area contributed by atoms with E-state index in [4.69, 9.17) is 0 Å². The number of amides is 1. The number of hydrogen-bond donors (Lipinski definition) is 1. The molecule has 0 unspecified atom stereocenters. The van der Waals surface area contributed by atoms with Gasteiger partial charge >= 0.3 is 0 Å². The van der Waals surface area contributed by atoms with Crippen molar-refractivity contribution in [2.75, 3.05) is 5.32 Å². The molecule has 1 heterocycles. The number of nitrogens with one attached hydrogen (secondary N) is 1. The van der Waals surface area contributed by atoms with E-state index in [9.17, 15) is 14.4 Å². The van der Waals surface area contributed by atoms with Gasteiger partial charge in [-0.15, -0.1) is 0 Å². The molecular formula is C19H18N2O3. The van der Waals surface area contributed by atoms with Gasteiger partial charge in [0.25, 0.3) is 0 Å². The maximum atomic E-state index is 11.9. The van der Waals surface area contributed by atoms with Crippen molar-refractivity contribution in [1.29, 1.82) is 0 Å². The first-order valence-corrected chi connectivity index (χ1v) is 8.01. The number of rotatable bonds is 7. The van der Waals surface area contributed by atoms with Gasteiger partial charge in [-0.1, -0.05) is 0 Å². The Morgan fingerprint density at radius 2 is 1.75 bits per heavy atom. The zero-order valence-electron chi connectivity index (χ0n) is 13.2. The van der Waals surface area contributed by atoms with E-state index in [1.165, 1.54) is 6.20 Å². The van der Waals surface area contributed by atoms with Gasteiger partial charge in [-0.2, -0.15) is 0 Å². The lowest BCUT2D eigenvalue weighted by Gasteiger charge is -2.06. The zero-order chi connectivity index (χ0) is 16.9. The predicted molar refractivity (Wildman–Crippen MR) is 89.9 cm³/mol. The highest BCUT2D eigenvalue weighted by atomic mass is 16.2. The minimum absolute atomic E-state index is 0.108. The van der Waals surface area contributed by atoms with Crippen LogP contribution in [0.5, 0.6) is 0 Å². The average Bonchev–Trinajstić information content (AvgIpc) is 3.45. The molecule has 5 nitrogen and oxygen atoms in total. The SMILES string of the molecule is O=C(CCC(=O)c1cccnc1)Nc1ccc(C(=O)C2CC2)cc1. The Kier molecular flexibility index (Phi) is 4.79. The van der Waals surface area contributed by atoms with Crippen LogP contribution >= 0.6 is 0 Å². The fourth-order valence-electron chi connectivity index (χ4n) is 2.42. The smallest absolute Gasteiger partial charge is 0.224 e. The van der Waals surface area contributed by atoms with Crippen molar-refractivity contribution in [1.82, 2.24) is 4.98 Å². The molecule has 5 heteroatoms. The van der Waals surface area contributed by atoms with Crippen LogP contribution in [0.1, 0.15) is 46.4 Å². The van der Waals surface area contributed by atoms with Crippen LogP contribution < -0.4 is 5.32 Å². The van der Waals surface area contributed by atoms with Crippen molar-refractivity contribution >= 4 is 23.2 Å². The highest BCUT2D eigenvalue weighted by molar-refractivity contribution is 6.01. The van der Waals surface area contributed by atoms with E-state index in [2.05, 4.69) is 10.3 Å². The average molecular weight is 322 g/mol. The molecule has 1 aromatic heterocycles. The molecule has 2 aromatic rings. The number of carbonyl (C=O) groups excluding carboxylic acids is 3. The monoisotopic (exact) mass is 322 g/mol. The number of aromatic nitrogens is 1. The topological polar surface area (TPSA) is 76.1 Å². The van der Waals surface area contributed by atoms with Crippen LogP contribution in [0.3, 0.4) is 0 Å². The lowest BCUT2D eigenvalue weighted by Crippen LogP contribution is -2.13. The second-order valence-electron chi connectivity index (χ2n) is 5.93. The first kappa shape index (κ1) is 16.1. The van der Waals surface area contributed by atoms with Gasteiger partial charge in [0.1, 0.15) is 0 Å². The fraction of sp³-hybridized carbons (Fsp3) is 0.263. The Labute approximate surface area is 140 Å². The van der Waals surface area contributed by atoms with Crippen molar-refractivity contribution in [3.63, 3.8) is 0 Å². The van der Waals surface area contributed by atoms with E-state index in [0.717, 1.165) is 12.8 Å². The number of anilines is 1. The fourth-order valence-corrected chi connectivity index (χ4v) is 2.42. The number of ketones is 2. The molecule has 0 radical (unpaired) electrons. The minimum Gasteiger partial charge on any atom is -0.326 e. The summed E-state index contributed by atoms with van der Waals surface area (Å²) in [5.74, 6) is 0.0241. The van der Waals surface area contributed by atoms with Crippen molar-refractivity contribution in [2.45, 2.75) is 25.7 Å². The maximum Gasteiger partial charge on any atom is 0.224 e. The summed E-state index contributed by atoms with van der Waals surface area (Å²) in [6, 6.07) is 10.3. The molecule has 1 aromatic carbocycles. The van der Waals surface area contributed by atoms with Crippen LogP contribution in [0.4, 0.5) is 5.69 Å². The van der Waals surface area contributed by atoms with E-state index in [0.29, 0.717) is 16.8 Å². The molecule has 24 heavy (non-hydrogen) atoms. The third-order valence-electron chi connectivity index (χ3n) is 3.96. The Bertz CT molecular complexity index is 750. The van der Waals surface area contributed by atoms with Crippen LogP contribution in [0.25, 0.3) is 0 Å². The first-order chi connectivity index (χ1) is 11.6. The second-order valence-corrected chi connectivity index (χ2v) is 5.93. The molecule has 1 fully saturated rings. The molecular weight excluding hydrogens is 304 g/mol. The zero-order valence-corrected chi connectivity index (χ0v) is 13.2. The Balaban J connectivity index is 1.49. The number of nitrogens with zero attached hydrogens (tertiary/aromatic N) is 1. The summed E-state index contributed by atoms with van der Waals surface area (Å²) in [6.07, 6.45) is 5.29. The van der Waals surface area contributed by atoms with Gasteiger partial charge < -0.3 is 5.32 Å². The van der Waals surface area contributed by atoms with Gasteiger partial charge in [0.15, 0.2) is 11.6 Å². The quantitative estimate of drug-likeness (QED) is 0.794. The number of benzene rings is 1. The minimum atomic E-state index is -0.228. The lowest BCUT2D eigenvalue weighted by molar-refractivity contribution is -0.116. The molecule has 1 aliphatic carbocycles. The molecule has 0 aliphatic heterocycles. The Morgan fingerprint density at radius 3 is 2.38 bits per heavy atom. The van der Waals surface area contributed by atoms with Crippen LogP contribution in [-0.4, -0.2) is 22.5 Å². The van der Waals surface area contributed by atoms with Crippen LogP contribution in [0.15, 0.2) is 48.8 Å². The summed E-state index contributed by atoms with van der Waals surface area (Å²) in [5, 5.41) is 2.74. The van der Waals surface area contributed by atoms with Gasteiger partial charge in [-0.25, -0.2) is 0 Å². The maximum absolute atomic E-state index is 11.9. The first-order valence-electron chi connectivity index (χ1n) is 8.01. The predicted octanol–water partition coefficient (Wildman–Crippen LogP) is 3.28. The summed E-state index contributed by atoms with van der Waals surface area (Å²) in [7, 11) is 0. The third kappa shape index (κ3) is 4.13. The molecule has 122 valence electrons. The summed E-state index contributed by atoms with van der Waals surface area (Å²) >= 11 is 0. The molecule has 1 amide bonds. The molecule has 3 rings (SSSR count). The molecule has 0 bridgehead atoms. The summed E-state index contributed by atoms with van der Waals surface area (Å²) < 4.78 is 0. The van der Waals surface area contributed by atoms with Crippen LogP contribution in [0, 0.1) is 5.92 Å². The van der Waals surface area contributed by atoms with E-state index in [-0.39, 0.29) is 36.2 Å². The van der Waals surface area contributed by atoms with E-state index < -0.39 is 0 Å². The highest BCUT2D eigenvalue weighted by Gasteiger charge is 2.30. The van der Waals surface area contributed by atoms with Crippen LogP contribution in [0.2, 0.25) is 0 Å². The van der Waals surface area contributed by atoms with Crippen molar-refractivity contribution in [2.24, 2.45) is 5.92 Å². The summed E-state index contributed by atoms with van der Waals surface area (Å²) in [4.78, 5) is 39.7. The molecule has 0 spiro atoms. The van der Waals surface area contributed by atoms with E-state index >= 15 is 0 Å². The third-order valence-corrected chi connectivity index (χ3v) is 3.96. The van der Waals surface area contributed by atoms with Gasteiger partial charge in [-0.3, -0.25) is 19.4 Å². The van der Waals surface area contributed by atoms with Gasteiger partial charge in [0, 0.05) is 48.0 Å². The Morgan fingerprint density at radius 1 is 1.00 bits per heavy atom. The highest BCUT2D eigenvalue weighted by Crippen LogP contribution is 2.32. The van der Waals surface area contributed by atoms with Gasteiger partial charge in [0.2, 0.25) is 5.91 Å². The van der Waals surface area contributed by atoms with Crippen molar-refractivity contribution in [3.8, 4) is 0 Å². The van der Waals surface area contributed by atoms with E-state index in [1.54, 1.807) is 42.6 Å². The summed E-state index contributed by atoms with van der Waals surface area (Å²) in [5.41, 5.74) is 1.82. The normalized spacial score (nSPS) is 13.3. The number of pyridine rings is 1. The standard InChI is InChI=1S/C19H18N2O3/c22-17(15-2-1-11-20-12-15)9-10-18(23)21-16-7-5-14(6-8-16)19(24)13-3-4-13/h1-2,5-8,11-13H,3-4,9-10H2,(H,21,23). The van der Waals surface area contributed by atoms with Crippen molar-refractivity contribution < 1.29 is 14.4 Å². The second kappa shape index (κ2) is 7.17. The van der Waals surface area contributed by atoms with Crippen molar-refractivity contribution in [3.05, 3.63) is 59.9 Å². The summed E-state index contributed by atoms with van der Waals surface area (Å²) in [6.45, 7) is 0. The number of Topliss-reactive ketones (excluding diaryl/α,β-unsaturated/α-hetero) is 2. The molecule has 1 saturated carbocycles.